The number of rotatable bonds is 4. The predicted molar refractivity (Wildman–Crippen MR) is 67.2 cm³/mol. The Morgan fingerprint density at radius 2 is 2.21 bits per heavy atom. The number of nitrogens with zero attached hydrogens (tertiary/aromatic N) is 1. The first-order chi connectivity index (χ1) is 9.11. The highest BCUT2D eigenvalue weighted by Gasteiger charge is 2.19. The Labute approximate surface area is 110 Å². The maximum atomic E-state index is 13.6. The fourth-order valence-corrected chi connectivity index (χ4v) is 1.77. The minimum Gasteiger partial charge on any atom is -0.508 e. The predicted octanol–water partition coefficient (Wildman–Crippen LogP) is 2.79. The number of furan rings is 1. The maximum absolute atomic E-state index is 13.6. The summed E-state index contributed by atoms with van der Waals surface area (Å²) in [4.78, 5) is 13.7. The van der Waals surface area contributed by atoms with Gasteiger partial charge in [-0.1, -0.05) is 0 Å². The van der Waals surface area contributed by atoms with Gasteiger partial charge in [-0.3, -0.25) is 4.79 Å². The molecule has 0 saturated heterocycles. The van der Waals surface area contributed by atoms with E-state index in [0.717, 1.165) is 6.07 Å². The molecular formula is C14H14FNO3. The molecule has 0 saturated carbocycles. The third-order valence-corrected chi connectivity index (χ3v) is 2.78. The molecule has 2 rings (SSSR count). The molecule has 0 aliphatic heterocycles. The number of amides is 1. The van der Waals surface area contributed by atoms with Crippen molar-refractivity contribution in [1.82, 2.24) is 4.90 Å². The van der Waals surface area contributed by atoms with E-state index in [1.807, 2.05) is 0 Å². The molecule has 4 nitrogen and oxygen atoms in total. The van der Waals surface area contributed by atoms with Gasteiger partial charge in [0, 0.05) is 12.6 Å². The highest BCUT2D eigenvalue weighted by atomic mass is 19.1. The SMILES string of the molecule is CCN(Cc1ccco1)C(=O)c1ccc(O)cc1F. The zero-order valence-electron chi connectivity index (χ0n) is 10.5. The fourth-order valence-electron chi connectivity index (χ4n) is 1.77. The van der Waals surface area contributed by atoms with Crippen molar-refractivity contribution in [2.75, 3.05) is 6.54 Å². The van der Waals surface area contributed by atoms with Gasteiger partial charge in [0.05, 0.1) is 18.4 Å². The summed E-state index contributed by atoms with van der Waals surface area (Å²) in [6.45, 7) is 2.52. The van der Waals surface area contributed by atoms with Gasteiger partial charge in [-0.05, 0) is 31.2 Å². The molecular weight excluding hydrogens is 249 g/mol. The van der Waals surface area contributed by atoms with Crippen molar-refractivity contribution in [2.24, 2.45) is 0 Å². The van der Waals surface area contributed by atoms with Crippen LogP contribution < -0.4 is 0 Å². The average molecular weight is 263 g/mol. The van der Waals surface area contributed by atoms with Crippen LogP contribution in [0.25, 0.3) is 0 Å². The molecule has 0 spiro atoms. The van der Waals surface area contributed by atoms with Gasteiger partial charge in [-0.25, -0.2) is 4.39 Å². The molecule has 0 aliphatic carbocycles. The van der Waals surface area contributed by atoms with Crippen LogP contribution in [0.5, 0.6) is 5.75 Å². The Morgan fingerprint density at radius 1 is 1.42 bits per heavy atom. The first-order valence-electron chi connectivity index (χ1n) is 5.92. The average Bonchev–Trinajstić information content (AvgIpc) is 2.88. The van der Waals surface area contributed by atoms with Crippen LogP contribution in [0.3, 0.4) is 0 Å². The van der Waals surface area contributed by atoms with Gasteiger partial charge in [0.1, 0.15) is 17.3 Å². The van der Waals surface area contributed by atoms with Gasteiger partial charge in [0.15, 0.2) is 0 Å². The van der Waals surface area contributed by atoms with E-state index in [0.29, 0.717) is 12.3 Å². The van der Waals surface area contributed by atoms with Gasteiger partial charge < -0.3 is 14.4 Å². The standard InChI is InChI=1S/C14H14FNO3/c1-2-16(9-11-4-3-7-19-11)14(18)12-6-5-10(17)8-13(12)15/h3-8,17H,2,9H2,1H3. The van der Waals surface area contributed by atoms with Crippen LogP contribution in [-0.2, 0) is 6.54 Å². The summed E-state index contributed by atoms with van der Waals surface area (Å²) in [7, 11) is 0. The van der Waals surface area contributed by atoms with Crippen molar-refractivity contribution < 1.29 is 18.7 Å². The van der Waals surface area contributed by atoms with Crippen molar-refractivity contribution in [3.63, 3.8) is 0 Å². The molecule has 0 fully saturated rings. The van der Waals surface area contributed by atoms with Gasteiger partial charge in [-0.2, -0.15) is 0 Å². The molecule has 1 aromatic carbocycles. The smallest absolute Gasteiger partial charge is 0.257 e. The van der Waals surface area contributed by atoms with Crippen LogP contribution in [0, 0.1) is 5.82 Å². The Balaban J connectivity index is 2.20. The van der Waals surface area contributed by atoms with Crippen LogP contribution in [-0.4, -0.2) is 22.5 Å². The number of phenolic OH excluding ortho intramolecular Hbond substituents is 1. The third-order valence-electron chi connectivity index (χ3n) is 2.78. The number of hydrogen-bond acceptors (Lipinski definition) is 3. The highest BCUT2D eigenvalue weighted by Crippen LogP contribution is 2.18. The number of hydrogen-bond donors (Lipinski definition) is 1. The zero-order valence-corrected chi connectivity index (χ0v) is 10.5. The van der Waals surface area contributed by atoms with Gasteiger partial charge in [0.25, 0.3) is 5.91 Å². The molecule has 0 aliphatic rings. The molecule has 0 bridgehead atoms. The molecule has 5 heteroatoms. The molecule has 1 heterocycles. The Hall–Kier alpha value is -2.30. The summed E-state index contributed by atoms with van der Waals surface area (Å²) in [5.74, 6) is -0.739. The van der Waals surface area contributed by atoms with Crippen molar-refractivity contribution in [2.45, 2.75) is 13.5 Å². The summed E-state index contributed by atoms with van der Waals surface area (Å²) in [6.07, 6.45) is 1.52. The molecule has 1 N–H and O–H groups in total. The van der Waals surface area contributed by atoms with Crippen LogP contribution in [0.4, 0.5) is 4.39 Å². The lowest BCUT2D eigenvalue weighted by Gasteiger charge is -2.20. The van der Waals surface area contributed by atoms with Crippen LogP contribution in [0.2, 0.25) is 0 Å². The van der Waals surface area contributed by atoms with Crippen LogP contribution in [0.15, 0.2) is 41.0 Å². The summed E-state index contributed by atoms with van der Waals surface area (Å²) in [5.41, 5.74) is -0.0637. The van der Waals surface area contributed by atoms with E-state index in [2.05, 4.69) is 0 Å². The van der Waals surface area contributed by atoms with Crippen molar-refractivity contribution in [3.05, 3.63) is 53.7 Å². The summed E-state index contributed by atoms with van der Waals surface area (Å²) in [5, 5.41) is 9.14. The Bertz CT molecular complexity index is 566. The van der Waals surface area contributed by atoms with E-state index in [9.17, 15) is 9.18 Å². The number of carbonyl (C=O) groups excluding carboxylic acids is 1. The lowest BCUT2D eigenvalue weighted by molar-refractivity contribution is 0.0736. The Morgan fingerprint density at radius 3 is 2.79 bits per heavy atom. The molecule has 19 heavy (non-hydrogen) atoms. The van der Waals surface area contributed by atoms with Crippen LogP contribution in [0.1, 0.15) is 23.0 Å². The number of phenols is 1. The minimum absolute atomic E-state index is 0.0637. The fraction of sp³-hybridized carbons (Fsp3) is 0.214. The summed E-state index contributed by atoms with van der Waals surface area (Å²) >= 11 is 0. The second-order valence-corrected chi connectivity index (χ2v) is 4.06. The highest BCUT2D eigenvalue weighted by molar-refractivity contribution is 5.94. The monoisotopic (exact) mass is 263 g/mol. The van der Waals surface area contributed by atoms with E-state index in [-0.39, 0.29) is 17.9 Å². The Kier molecular flexibility index (Phi) is 3.85. The molecule has 1 aromatic heterocycles. The topological polar surface area (TPSA) is 53.7 Å². The van der Waals surface area contributed by atoms with E-state index in [4.69, 9.17) is 9.52 Å². The lowest BCUT2D eigenvalue weighted by atomic mass is 10.1. The largest absolute Gasteiger partial charge is 0.508 e. The normalized spacial score (nSPS) is 10.4. The third kappa shape index (κ3) is 2.93. The minimum atomic E-state index is -0.733. The van der Waals surface area contributed by atoms with E-state index in [1.165, 1.54) is 23.3 Å². The second kappa shape index (κ2) is 5.56. The van der Waals surface area contributed by atoms with Gasteiger partial charge in [-0.15, -0.1) is 0 Å². The zero-order chi connectivity index (χ0) is 13.8. The molecule has 0 unspecified atom stereocenters. The number of benzene rings is 1. The number of halogens is 1. The summed E-state index contributed by atoms with van der Waals surface area (Å²) in [6, 6.07) is 6.97. The quantitative estimate of drug-likeness (QED) is 0.922. The first kappa shape index (κ1) is 13.1. The van der Waals surface area contributed by atoms with Gasteiger partial charge >= 0.3 is 0 Å². The molecule has 2 aromatic rings. The second-order valence-electron chi connectivity index (χ2n) is 4.06. The van der Waals surface area contributed by atoms with E-state index < -0.39 is 11.7 Å². The number of aromatic hydroxyl groups is 1. The first-order valence-corrected chi connectivity index (χ1v) is 5.92. The molecule has 100 valence electrons. The summed E-state index contributed by atoms with van der Waals surface area (Å²) < 4.78 is 18.8. The molecule has 0 radical (unpaired) electrons. The molecule has 0 atom stereocenters. The number of carbonyl (C=O) groups is 1. The van der Waals surface area contributed by atoms with Crippen molar-refractivity contribution >= 4 is 5.91 Å². The maximum Gasteiger partial charge on any atom is 0.257 e. The van der Waals surface area contributed by atoms with E-state index >= 15 is 0 Å². The lowest BCUT2D eigenvalue weighted by Crippen LogP contribution is -2.30. The van der Waals surface area contributed by atoms with E-state index in [1.54, 1.807) is 19.1 Å². The van der Waals surface area contributed by atoms with Crippen LogP contribution >= 0.6 is 0 Å². The van der Waals surface area contributed by atoms with Crippen molar-refractivity contribution in [1.29, 1.82) is 0 Å². The van der Waals surface area contributed by atoms with Gasteiger partial charge in [0.2, 0.25) is 0 Å². The molecule has 1 amide bonds. The van der Waals surface area contributed by atoms with Crippen molar-refractivity contribution in [3.8, 4) is 5.75 Å².